The van der Waals surface area contributed by atoms with E-state index in [0.29, 0.717) is 5.57 Å². The molecule has 0 bridgehead atoms. The normalized spacial score (nSPS) is 14.8. The van der Waals surface area contributed by atoms with Crippen LogP contribution >= 0.6 is 0 Å². The maximum absolute atomic E-state index is 11.9. The first-order valence-corrected chi connectivity index (χ1v) is 6.29. The molecule has 1 aliphatic rings. The topological polar surface area (TPSA) is 50.4 Å². The molecule has 0 radical (unpaired) electrons. The molecule has 1 amide bonds. The number of ether oxygens (including phenoxy) is 1. The fourth-order valence-electron chi connectivity index (χ4n) is 2.15. The predicted octanol–water partition coefficient (Wildman–Crippen LogP) is 3.10. The van der Waals surface area contributed by atoms with Gasteiger partial charge in [-0.05, 0) is 18.2 Å². The van der Waals surface area contributed by atoms with Crippen LogP contribution in [0.15, 0.2) is 54.7 Å². The number of hydrogen-bond acceptors (Lipinski definition) is 3. The Balaban J connectivity index is 1.87. The van der Waals surface area contributed by atoms with Crippen molar-refractivity contribution < 1.29 is 9.53 Å². The van der Waals surface area contributed by atoms with Gasteiger partial charge in [0.15, 0.2) is 0 Å². The molecule has 2 N–H and O–H groups in total. The highest BCUT2D eigenvalue weighted by Crippen LogP contribution is 2.31. The van der Waals surface area contributed by atoms with Crippen LogP contribution in [0.3, 0.4) is 0 Å². The minimum Gasteiger partial charge on any atom is -0.497 e. The molecule has 0 saturated heterocycles. The van der Waals surface area contributed by atoms with Gasteiger partial charge in [0, 0.05) is 29.2 Å². The van der Waals surface area contributed by atoms with Crippen molar-refractivity contribution in [1.82, 2.24) is 0 Å². The van der Waals surface area contributed by atoms with Crippen LogP contribution in [0.25, 0.3) is 5.57 Å². The Hall–Kier alpha value is -2.75. The zero-order chi connectivity index (χ0) is 13.9. The molecular weight excluding hydrogens is 252 g/mol. The third-order valence-corrected chi connectivity index (χ3v) is 3.16. The molecule has 100 valence electrons. The van der Waals surface area contributed by atoms with E-state index in [0.717, 1.165) is 22.7 Å². The third-order valence-electron chi connectivity index (χ3n) is 3.16. The van der Waals surface area contributed by atoms with E-state index in [1.807, 2.05) is 48.5 Å². The average Bonchev–Trinajstić information content (AvgIpc) is 2.81. The number of anilines is 2. The summed E-state index contributed by atoms with van der Waals surface area (Å²) < 4.78 is 5.16. The van der Waals surface area contributed by atoms with E-state index in [9.17, 15) is 4.79 Å². The summed E-state index contributed by atoms with van der Waals surface area (Å²) in [5, 5.41) is 5.96. The second-order valence-electron chi connectivity index (χ2n) is 4.43. The minimum atomic E-state index is -0.0957. The van der Waals surface area contributed by atoms with Gasteiger partial charge < -0.3 is 15.4 Å². The molecule has 2 aromatic rings. The zero-order valence-electron chi connectivity index (χ0n) is 11.0. The van der Waals surface area contributed by atoms with Gasteiger partial charge in [0.05, 0.1) is 12.7 Å². The van der Waals surface area contributed by atoms with Crippen LogP contribution < -0.4 is 15.4 Å². The molecule has 3 rings (SSSR count). The van der Waals surface area contributed by atoms with Crippen LogP contribution in [-0.2, 0) is 4.79 Å². The Kier molecular flexibility index (Phi) is 3.13. The lowest BCUT2D eigenvalue weighted by Gasteiger charge is -2.05. The van der Waals surface area contributed by atoms with Crippen molar-refractivity contribution in [3.05, 3.63) is 60.3 Å². The SMILES string of the molecule is COc1cccc(NC=C2C(=O)Nc3ccccc32)c1. The molecule has 0 aliphatic carbocycles. The van der Waals surface area contributed by atoms with Crippen molar-refractivity contribution in [2.75, 3.05) is 17.7 Å². The smallest absolute Gasteiger partial charge is 0.257 e. The van der Waals surface area contributed by atoms with Gasteiger partial charge in [-0.15, -0.1) is 0 Å². The number of carbonyl (C=O) groups is 1. The average molecular weight is 266 g/mol. The number of hydrogen-bond donors (Lipinski definition) is 2. The van der Waals surface area contributed by atoms with E-state index >= 15 is 0 Å². The van der Waals surface area contributed by atoms with Crippen LogP contribution in [0.2, 0.25) is 0 Å². The monoisotopic (exact) mass is 266 g/mol. The van der Waals surface area contributed by atoms with Gasteiger partial charge in [-0.25, -0.2) is 0 Å². The van der Waals surface area contributed by atoms with Crippen LogP contribution in [0.4, 0.5) is 11.4 Å². The number of fused-ring (bicyclic) bond motifs is 1. The number of carbonyl (C=O) groups excluding carboxylic acids is 1. The number of para-hydroxylation sites is 1. The molecule has 0 unspecified atom stereocenters. The third kappa shape index (κ3) is 2.23. The van der Waals surface area contributed by atoms with E-state index < -0.39 is 0 Å². The van der Waals surface area contributed by atoms with E-state index in [1.54, 1.807) is 13.3 Å². The predicted molar refractivity (Wildman–Crippen MR) is 79.7 cm³/mol. The van der Waals surface area contributed by atoms with Gasteiger partial charge >= 0.3 is 0 Å². The highest BCUT2D eigenvalue weighted by atomic mass is 16.5. The second-order valence-corrected chi connectivity index (χ2v) is 4.43. The van der Waals surface area contributed by atoms with Gasteiger partial charge in [0.25, 0.3) is 5.91 Å². The summed E-state index contributed by atoms with van der Waals surface area (Å²) in [6.07, 6.45) is 1.72. The number of rotatable bonds is 3. The van der Waals surface area contributed by atoms with Crippen LogP contribution in [-0.4, -0.2) is 13.0 Å². The highest BCUT2D eigenvalue weighted by Gasteiger charge is 2.23. The Morgan fingerprint density at radius 2 is 2.00 bits per heavy atom. The first-order valence-electron chi connectivity index (χ1n) is 6.29. The molecule has 4 nitrogen and oxygen atoms in total. The van der Waals surface area contributed by atoms with E-state index in [2.05, 4.69) is 10.6 Å². The Morgan fingerprint density at radius 1 is 1.15 bits per heavy atom. The van der Waals surface area contributed by atoms with Crippen molar-refractivity contribution >= 4 is 22.9 Å². The molecule has 0 aromatic heterocycles. The second kappa shape index (κ2) is 5.09. The van der Waals surface area contributed by atoms with Crippen LogP contribution in [0, 0.1) is 0 Å². The van der Waals surface area contributed by atoms with Gasteiger partial charge in [0.1, 0.15) is 5.75 Å². The summed E-state index contributed by atoms with van der Waals surface area (Å²) in [5.74, 6) is 0.672. The molecule has 1 aliphatic heterocycles. The summed E-state index contributed by atoms with van der Waals surface area (Å²) >= 11 is 0. The Labute approximate surface area is 117 Å². The number of benzene rings is 2. The molecule has 0 fully saturated rings. The van der Waals surface area contributed by atoms with Gasteiger partial charge in [-0.1, -0.05) is 24.3 Å². The van der Waals surface area contributed by atoms with Crippen molar-refractivity contribution in [1.29, 1.82) is 0 Å². The van der Waals surface area contributed by atoms with Gasteiger partial charge in [0.2, 0.25) is 0 Å². The van der Waals surface area contributed by atoms with E-state index in [4.69, 9.17) is 4.74 Å². The van der Waals surface area contributed by atoms with Crippen LogP contribution in [0.5, 0.6) is 5.75 Å². The van der Waals surface area contributed by atoms with Crippen molar-refractivity contribution in [3.8, 4) is 5.75 Å². The van der Waals surface area contributed by atoms with Crippen molar-refractivity contribution in [2.24, 2.45) is 0 Å². The first kappa shape index (κ1) is 12.3. The summed E-state index contributed by atoms with van der Waals surface area (Å²) in [5.41, 5.74) is 3.25. The van der Waals surface area contributed by atoms with E-state index in [-0.39, 0.29) is 5.91 Å². The largest absolute Gasteiger partial charge is 0.497 e. The molecule has 0 atom stereocenters. The van der Waals surface area contributed by atoms with Gasteiger partial charge in [-0.2, -0.15) is 0 Å². The summed E-state index contributed by atoms with van der Waals surface area (Å²) in [4.78, 5) is 11.9. The quantitative estimate of drug-likeness (QED) is 0.839. The zero-order valence-corrected chi connectivity index (χ0v) is 11.0. The molecule has 1 heterocycles. The molecule has 2 aromatic carbocycles. The van der Waals surface area contributed by atoms with Crippen LogP contribution in [0.1, 0.15) is 5.56 Å². The Morgan fingerprint density at radius 3 is 2.85 bits per heavy atom. The number of nitrogens with one attached hydrogen (secondary N) is 2. The summed E-state index contributed by atoms with van der Waals surface area (Å²) in [6.45, 7) is 0. The highest BCUT2D eigenvalue weighted by molar-refractivity contribution is 6.31. The maximum Gasteiger partial charge on any atom is 0.257 e. The number of methoxy groups -OCH3 is 1. The standard InChI is InChI=1S/C16H14N2O2/c1-20-12-6-4-5-11(9-12)17-10-14-13-7-2-3-8-15(13)18-16(14)19/h2-10,17H,1H3,(H,18,19). The number of amides is 1. The van der Waals surface area contributed by atoms with Gasteiger partial charge in [-0.3, -0.25) is 4.79 Å². The fraction of sp³-hybridized carbons (Fsp3) is 0.0625. The minimum absolute atomic E-state index is 0.0957. The lowest BCUT2D eigenvalue weighted by atomic mass is 10.1. The molecule has 20 heavy (non-hydrogen) atoms. The van der Waals surface area contributed by atoms with Crippen molar-refractivity contribution in [3.63, 3.8) is 0 Å². The lowest BCUT2D eigenvalue weighted by molar-refractivity contribution is -0.110. The maximum atomic E-state index is 11.9. The Bertz CT molecular complexity index is 692. The first-order chi connectivity index (χ1) is 9.78. The summed E-state index contributed by atoms with van der Waals surface area (Å²) in [6, 6.07) is 15.2. The molecule has 4 heteroatoms. The molecule has 0 spiro atoms. The molecule has 0 saturated carbocycles. The van der Waals surface area contributed by atoms with Crippen molar-refractivity contribution in [2.45, 2.75) is 0 Å². The van der Waals surface area contributed by atoms with E-state index in [1.165, 1.54) is 0 Å². The molecular formula is C16H14N2O2. The fourth-order valence-corrected chi connectivity index (χ4v) is 2.15. The lowest BCUT2D eigenvalue weighted by Crippen LogP contribution is -2.05. The summed E-state index contributed by atoms with van der Waals surface area (Å²) in [7, 11) is 1.62.